The standard InChI is InChI=1S/C20H30N2O3/c1-5-17(6-2)22-13-16(12-18(22)23)20(24)21-10-11-25-19-14(3)8-7-9-15(19)4/h7-9,16-17H,5-6,10-13H2,1-4H3,(H,21,24). The van der Waals surface area contributed by atoms with Crippen molar-refractivity contribution >= 4 is 11.8 Å². The first-order valence-electron chi connectivity index (χ1n) is 9.24. The average Bonchev–Trinajstić information content (AvgIpc) is 2.97. The Kier molecular flexibility index (Phi) is 6.85. The van der Waals surface area contributed by atoms with E-state index < -0.39 is 0 Å². The average molecular weight is 346 g/mol. The van der Waals surface area contributed by atoms with Gasteiger partial charge in [-0.25, -0.2) is 0 Å². The molecule has 1 aliphatic heterocycles. The van der Waals surface area contributed by atoms with Gasteiger partial charge >= 0.3 is 0 Å². The number of likely N-dealkylation sites (tertiary alicyclic amines) is 1. The SMILES string of the molecule is CCC(CC)N1CC(C(=O)NCCOc2c(C)cccc2C)CC1=O. The Morgan fingerprint density at radius 3 is 2.52 bits per heavy atom. The fraction of sp³-hybridized carbons (Fsp3) is 0.600. The van der Waals surface area contributed by atoms with Crippen molar-refractivity contribution in [1.29, 1.82) is 0 Å². The fourth-order valence-electron chi connectivity index (χ4n) is 3.49. The number of aryl methyl sites for hydroxylation is 2. The molecule has 1 saturated heterocycles. The van der Waals surface area contributed by atoms with Crippen molar-refractivity contribution in [3.05, 3.63) is 29.3 Å². The first-order valence-corrected chi connectivity index (χ1v) is 9.24. The zero-order chi connectivity index (χ0) is 18.4. The molecule has 1 aromatic carbocycles. The van der Waals surface area contributed by atoms with Gasteiger partial charge < -0.3 is 15.0 Å². The van der Waals surface area contributed by atoms with Gasteiger partial charge in [0.05, 0.1) is 12.5 Å². The van der Waals surface area contributed by atoms with Crippen LogP contribution in [0.4, 0.5) is 0 Å². The zero-order valence-corrected chi connectivity index (χ0v) is 15.8. The normalized spacial score (nSPS) is 17.2. The van der Waals surface area contributed by atoms with Crippen LogP contribution in [0.15, 0.2) is 18.2 Å². The van der Waals surface area contributed by atoms with E-state index in [0.717, 1.165) is 29.7 Å². The van der Waals surface area contributed by atoms with Crippen LogP contribution in [0.2, 0.25) is 0 Å². The zero-order valence-electron chi connectivity index (χ0n) is 15.8. The fourth-order valence-corrected chi connectivity index (χ4v) is 3.49. The Balaban J connectivity index is 1.78. The van der Waals surface area contributed by atoms with E-state index in [4.69, 9.17) is 4.74 Å². The largest absolute Gasteiger partial charge is 0.491 e. The minimum Gasteiger partial charge on any atom is -0.491 e. The Hall–Kier alpha value is -2.04. The summed E-state index contributed by atoms with van der Waals surface area (Å²) in [7, 11) is 0. The smallest absolute Gasteiger partial charge is 0.225 e. The molecule has 138 valence electrons. The van der Waals surface area contributed by atoms with Gasteiger partial charge in [0.25, 0.3) is 0 Å². The maximum atomic E-state index is 12.3. The van der Waals surface area contributed by atoms with Crippen molar-refractivity contribution in [2.75, 3.05) is 19.7 Å². The van der Waals surface area contributed by atoms with Gasteiger partial charge in [-0.1, -0.05) is 32.0 Å². The Morgan fingerprint density at radius 2 is 1.92 bits per heavy atom. The molecule has 1 atom stereocenters. The van der Waals surface area contributed by atoms with Crippen LogP contribution in [0.3, 0.4) is 0 Å². The van der Waals surface area contributed by atoms with Crippen molar-refractivity contribution in [3.8, 4) is 5.75 Å². The van der Waals surface area contributed by atoms with E-state index in [9.17, 15) is 9.59 Å². The molecular formula is C20H30N2O3. The molecule has 5 nitrogen and oxygen atoms in total. The third-order valence-corrected chi connectivity index (χ3v) is 4.97. The number of nitrogens with one attached hydrogen (secondary N) is 1. The van der Waals surface area contributed by atoms with E-state index in [1.807, 2.05) is 36.9 Å². The Labute approximate surface area is 150 Å². The van der Waals surface area contributed by atoms with Crippen LogP contribution in [0.5, 0.6) is 5.75 Å². The number of hydrogen-bond donors (Lipinski definition) is 1. The number of nitrogens with zero attached hydrogens (tertiary/aromatic N) is 1. The summed E-state index contributed by atoms with van der Waals surface area (Å²) in [6, 6.07) is 6.27. The van der Waals surface area contributed by atoms with Gasteiger partial charge in [0.15, 0.2) is 0 Å². The van der Waals surface area contributed by atoms with Crippen molar-refractivity contribution in [2.45, 2.75) is 53.0 Å². The predicted octanol–water partition coefficient (Wildman–Crippen LogP) is 2.84. The Morgan fingerprint density at radius 1 is 1.28 bits per heavy atom. The van der Waals surface area contributed by atoms with E-state index in [1.165, 1.54) is 0 Å². The summed E-state index contributed by atoms with van der Waals surface area (Å²) in [6.45, 7) is 9.60. The van der Waals surface area contributed by atoms with Crippen molar-refractivity contribution < 1.29 is 14.3 Å². The van der Waals surface area contributed by atoms with Crippen LogP contribution in [-0.2, 0) is 9.59 Å². The van der Waals surface area contributed by atoms with E-state index in [1.54, 1.807) is 0 Å². The highest BCUT2D eigenvalue weighted by atomic mass is 16.5. The summed E-state index contributed by atoms with van der Waals surface area (Å²) >= 11 is 0. The van der Waals surface area contributed by atoms with Crippen molar-refractivity contribution in [3.63, 3.8) is 0 Å². The summed E-state index contributed by atoms with van der Waals surface area (Å²) in [4.78, 5) is 26.4. The highest BCUT2D eigenvalue weighted by molar-refractivity contribution is 5.89. The highest BCUT2D eigenvalue weighted by Gasteiger charge is 2.36. The summed E-state index contributed by atoms with van der Waals surface area (Å²) in [5.74, 6) is 0.688. The monoisotopic (exact) mass is 346 g/mol. The minimum atomic E-state index is -0.242. The lowest BCUT2D eigenvalue weighted by atomic mass is 10.1. The number of hydrogen-bond acceptors (Lipinski definition) is 3. The van der Waals surface area contributed by atoms with Gasteiger partial charge in [-0.2, -0.15) is 0 Å². The molecule has 0 radical (unpaired) electrons. The van der Waals surface area contributed by atoms with E-state index in [2.05, 4.69) is 19.2 Å². The van der Waals surface area contributed by atoms with Gasteiger partial charge in [0, 0.05) is 19.0 Å². The number of amides is 2. The molecule has 1 heterocycles. The first-order chi connectivity index (χ1) is 12.0. The number of para-hydroxylation sites is 1. The third-order valence-electron chi connectivity index (χ3n) is 4.97. The molecule has 2 rings (SSSR count). The van der Waals surface area contributed by atoms with Crippen LogP contribution < -0.4 is 10.1 Å². The predicted molar refractivity (Wildman–Crippen MR) is 98.6 cm³/mol. The molecule has 1 aromatic rings. The molecule has 0 aliphatic carbocycles. The molecule has 2 amide bonds. The second kappa shape index (κ2) is 8.88. The Bertz CT molecular complexity index is 591. The van der Waals surface area contributed by atoms with Gasteiger partial charge in [-0.3, -0.25) is 9.59 Å². The minimum absolute atomic E-state index is 0.0492. The highest BCUT2D eigenvalue weighted by Crippen LogP contribution is 2.23. The summed E-state index contributed by atoms with van der Waals surface area (Å²) in [5.41, 5.74) is 2.18. The molecule has 1 N–H and O–H groups in total. The molecule has 0 spiro atoms. The molecule has 1 unspecified atom stereocenters. The molecule has 0 saturated carbocycles. The van der Waals surface area contributed by atoms with Gasteiger partial charge in [-0.15, -0.1) is 0 Å². The van der Waals surface area contributed by atoms with Gasteiger partial charge in [0.2, 0.25) is 11.8 Å². The molecule has 5 heteroatoms. The van der Waals surface area contributed by atoms with Gasteiger partial charge in [0.1, 0.15) is 12.4 Å². The van der Waals surface area contributed by atoms with Crippen LogP contribution in [-0.4, -0.2) is 42.5 Å². The van der Waals surface area contributed by atoms with Crippen molar-refractivity contribution in [2.24, 2.45) is 5.92 Å². The quantitative estimate of drug-likeness (QED) is 0.737. The summed E-state index contributed by atoms with van der Waals surface area (Å²) in [6.07, 6.45) is 2.18. The molecule has 0 bridgehead atoms. The number of benzene rings is 1. The maximum absolute atomic E-state index is 12.3. The number of carbonyl (C=O) groups excluding carboxylic acids is 2. The van der Waals surface area contributed by atoms with Gasteiger partial charge in [-0.05, 0) is 37.8 Å². The van der Waals surface area contributed by atoms with Crippen molar-refractivity contribution in [1.82, 2.24) is 10.2 Å². The number of rotatable bonds is 8. The molecule has 25 heavy (non-hydrogen) atoms. The molecule has 1 aliphatic rings. The third kappa shape index (κ3) is 4.74. The van der Waals surface area contributed by atoms with E-state index >= 15 is 0 Å². The second-order valence-corrected chi connectivity index (χ2v) is 6.78. The van der Waals surface area contributed by atoms with Crippen LogP contribution in [0.25, 0.3) is 0 Å². The molecule has 1 fully saturated rings. The maximum Gasteiger partial charge on any atom is 0.225 e. The number of ether oxygens (including phenoxy) is 1. The number of carbonyl (C=O) groups is 2. The van der Waals surface area contributed by atoms with Crippen LogP contribution in [0.1, 0.15) is 44.2 Å². The summed E-state index contributed by atoms with van der Waals surface area (Å²) < 4.78 is 5.80. The van der Waals surface area contributed by atoms with Crippen LogP contribution >= 0.6 is 0 Å². The topological polar surface area (TPSA) is 58.6 Å². The lowest BCUT2D eigenvalue weighted by molar-refractivity contribution is -0.130. The van der Waals surface area contributed by atoms with E-state index in [-0.39, 0.29) is 23.8 Å². The van der Waals surface area contributed by atoms with E-state index in [0.29, 0.717) is 26.1 Å². The molecular weight excluding hydrogens is 316 g/mol. The summed E-state index contributed by atoms with van der Waals surface area (Å²) in [5, 5.41) is 2.91. The first kappa shape index (κ1) is 19.3. The lowest BCUT2D eigenvalue weighted by Crippen LogP contribution is -2.38. The van der Waals surface area contributed by atoms with Crippen LogP contribution in [0, 0.1) is 19.8 Å². The second-order valence-electron chi connectivity index (χ2n) is 6.78. The molecule has 0 aromatic heterocycles. The lowest BCUT2D eigenvalue weighted by Gasteiger charge is -2.26.